The van der Waals surface area contributed by atoms with Gasteiger partial charge in [-0.3, -0.25) is 4.79 Å². The number of hydrogen-bond acceptors (Lipinski definition) is 5. The molecule has 0 aliphatic heterocycles. The van der Waals surface area contributed by atoms with E-state index in [2.05, 4.69) is 25.8 Å². The Kier molecular flexibility index (Phi) is 5.11. The number of rotatable bonds is 6. The standard InChI is InChI=1S/C22H22N6O/c1-28(2)17-9-7-16(8-10-17)24-20-11-12-21(27-26-20)25-22(29)13-15-14-23-19-6-4-3-5-18(15)19/h3-12,14,23H,13H2,1-2H3,(H,24,26)(H,25,27,29). The minimum absolute atomic E-state index is 0.135. The summed E-state index contributed by atoms with van der Waals surface area (Å²) in [5.74, 6) is 0.893. The lowest BCUT2D eigenvalue weighted by atomic mass is 10.1. The van der Waals surface area contributed by atoms with Crippen molar-refractivity contribution in [2.45, 2.75) is 6.42 Å². The second-order valence-electron chi connectivity index (χ2n) is 6.95. The molecular weight excluding hydrogens is 364 g/mol. The molecule has 0 radical (unpaired) electrons. The lowest BCUT2D eigenvalue weighted by Crippen LogP contribution is -2.15. The fraction of sp³-hybridized carbons (Fsp3) is 0.136. The number of aromatic amines is 1. The van der Waals surface area contributed by atoms with E-state index in [1.807, 2.05) is 73.7 Å². The molecule has 1 amide bonds. The average Bonchev–Trinajstić information content (AvgIpc) is 3.13. The van der Waals surface area contributed by atoms with Crippen LogP contribution in [0, 0.1) is 0 Å². The zero-order valence-corrected chi connectivity index (χ0v) is 16.3. The number of H-pyrrole nitrogens is 1. The summed E-state index contributed by atoms with van der Waals surface area (Å²) in [7, 11) is 4.00. The number of carbonyl (C=O) groups is 1. The number of aromatic nitrogens is 3. The third-order valence-corrected chi connectivity index (χ3v) is 4.61. The molecule has 4 rings (SSSR count). The van der Waals surface area contributed by atoms with Crippen LogP contribution in [0.2, 0.25) is 0 Å². The summed E-state index contributed by atoms with van der Waals surface area (Å²) in [5.41, 5.74) is 4.01. The zero-order valence-electron chi connectivity index (χ0n) is 16.3. The topological polar surface area (TPSA) is 85.9 Å². The van der Waals surface area contributed by atoms with Gasteiger partial charge in [0, 0.05) is 42.6 Å². The minimum Gasteiger partial charge on any atom is -0.378 e. The number of fused-ring (bicyclic) bond motifs is 1. The molecule has 7 heteroatoms. The van der Waals surface area contributed by atoms with E-state index in [9.17, 15) is 4.79 Å². The Morgan fingerprint density at radius 3 is 2.41 bits per heavy atom. The first kappa shape index (κ1) is 18.5. The smallest absolute Gasteiger partial charge is 0.230 e. The van der Waals surface area contributed by atoms with Crippen molar-refractivity contribution in [2.75, 3.05) is 29.6 Å². The van der Waals surface area contributed by atoms with Gasteiger partial charge in [-0.1, -0.05) is 18.2 Å². The maximum absolute atomic E-state index is 12.4. The number of amides is 1. The molecule has 7 nitrogen and oxygen atoms in total. The molecule has 3 N–H and O–H groups in total. The van der Waals surface area contributed by atoms with E-state index >= 15 is 0 Å². The highest BCUT2D eigenvalue weighted by atomic mass is 16.1. The van der Waals surface area contributed by atoms with Crippen molar-refractivity contribution in [1.82, 2.24) is 15.2 Å². The Morgan fingerprint density at radius 2 is 1.69 bits per heavy atom. The van der Waals surface area contributed by atoms with Crippen LogP contribution in [0.1, 0.15) is 5.56 Å². The van der Waals surface area contributed by atoms with Crippen LogP contribution in [0.25, 0.3) is 10.9 Å². The largest absolute Gasteiger partial charge is 0.378 e. The van der Waals surface area contributed by atoms with Crippen LogP contribution in [0.4, 0.5) is 23.0 Å². The van der Waals surface area contributed by atoms with Gasteiger partial charge in [-0.05, 0) is 48.0 Å². The van der Waals surface area contributed by atoms with Gasteiger partial charge in [-0.15, -0.1) is 10.2 Å². The van der Waals surface area contributed by atoms with Gasteiger partial charge in [-0.2, -0.15) is 0 Å². The van der Waals surface area contributed by atoms with Crippen LogP contribution in [0.5, 0.6) is 0 Å². The Labute approximate surface area is 168 Å². The Balaban J connectivity index is 1.37. The first-order valence-electron chi connectivity index (χ1n) is 9.31. The number of carbonyl (C=O) groups excluding carboxylic acids is 1. The summed E-state index contributed by atoms with van der Waals surface area (Å²) in [5, 5.41) is 15.3. The normalized spacial score (nSPS) is 10.7. The fourth-order valence-electron chi connectivity index (χ4n) is 3.09. The summed E-state index contributed by atoms with van der Waals surface area (Å²) in [6.07, 6.45) is 2.13. The van der Waals surface area contributed by atoms with E-state index in [1.165, 1.54) is 0 Å². The number of nitrogens with zero attached hydrogens (tertiary/aromatic N) is 3. The zero-order chi connectivity index (χ0) is 20.2. The van der Waals surface area contributed by atoms with Crippen LogP contribution in [0.15, 0.2) is 66.9 Å². The van der Waals surface area contributed by atoms with Crippen LogP contribution < -0.4 is 15.5 Å². The van der Waals surface area contributed by atoms with Crippen molar-refractivity contribution in [2.24, 2.45) is 0 Å². The molecule has 0 bridgehead atoms. The van der Waals surface area contributed by atoms with Gasteiger partial charge in [0.2, 0.25) is 5.91 Å². The Morgan fingerprint density at radius 1 is 0.966 bits per heavy atom. The second-order valence-corrected chi connectivity index (χ2v) is 6.95. The average molecular weight is 386 g/mol. The van der Waals surface area contributed by atoms with Gasteiger partial charge in [0.15, 0.2) is 11.6 Å². The van der Waals surface area contributed by atoms with Crippen molar-refractivity contribution in [1.29, 1.82) is 0 Å². The molecule has 2 aromatic carbocycles. The Hall–Kier alpha value is -3.87. The maximum atomic E-state index is 12.4. The summed E-state index contributed by atoms with van der Waals surface area (Å²) in [6.45, 7) is 0. The van der Waals surface area contributed by atoms with Crippen molar-refractivity contribution >= 4 is 39.8 Å². The van der Waals surface area contributed by atoms with Crippen molar-refractivity contribution in [3.05, 3.63) is 72.4 Å². The second kappa shape index (κ2) is 8.02. The van der Waals surface area contributed by atoms with Crippen molar-refractivity contribution in [3.8, 4) is 0 Å². The van der Waals surface area contributed by atoms with E-state index in [0.717, 1.165) is 27.8 Å². The molecule has 29 heavy (non-hydrogen) atoms. The fourth-order valence-corrected chi connectivity index (χ4v) is 3.09. The first-order valence-corrected chi connectivity index (χ1v) is 9.31. The monoisotopic (exact) mass is 386 g/mol. The van der Waals surface area contributed by atoms with E-state index < -0.39 is 0 Å². The van der Waals surface area contributed by atoms with Crippen LogP contribution in [0.3, 0.4) is 0 Å². The third kappa shape index (κ3) is 4.35. The van der Waals surface area contributed by atoms with E-state index in [-0.39, 0.29) is 12.3 Å². The third-order valence-electron chi connectivity index (χ3n) is 4.61. The van der Waals surface area contributed by atoms with Crippen molar-refractivity contribution in [3.63, 3.8) is 0 Å². The molecular formula is C22H22N6O. The molecule has 0 unspecified atom stereocenters. The van der Waals surface area contributed by atoms with E-state index in [1.54, 1.807) is 12.1 Å². The molecule has 0 atom stereocenters. The van der Waals surface area contributed by atoms with Crippen molar-refractivity contribution < 1.29 is 4.79 Å². The summed E-state index contributed by atoms with van der Waals surface area (Å²) < 4.78 is 0. The SMILES string of the molecule is CN(C)c1ccc(Nc2ccc(NC(=O)Cc3c[nH]c4ccccc34)nn2)cc1. The summed E-state index contributed by atoms with van der Waals surface area (Å²) in [6, 6.07) is 19.4. The number of para-hydroxylation sites is 1. The van der Waals surface area contributed by atoms with E-state index in [0.29, 0.717) is 11.6 Å². The number of nitrogens with one attached hydrogen (secondary N) is 3. The predicted octanol–water partition coefficient (Wildman–Crippen LogP) is 3.95. The van der Waals surface area contributed by atoms with Crippen LogP contribution in [-0.2, 0) is 11.2 Å². The minimum atomic E-state index is -0.135. The first-order chi connectivity index (χ1) is 14.1. The van der Waals surface area contributed by atoms with Gasteiger partial charge in [0.25, 0.3) is 0 Å². The molecule has 0 aliphatic rings. The maximum Gasteiger partial charge on any atom is 0.230 e. The predicted molar refractivity (Wildman–Crippen MR) is 117 cm³/mol. The van der Waals surface area contributed by atoms with Gasteiger partial charge >= 0.3 is 0 Å². The molecule has 0 saturated heterocycles. The Bertz CT molecular complexity index is 1120. The molecule has 0 aliphatic carbocycles. The van der Waals surface area contributed by atoms with Gasteiger partial charge < -0.3 is 20.5 Å². The van der Waals surface area contributed by atoms with Crippen LogP contribution >= 0.6 is 0 Å². The molecule has 4 aromatic rings. The van der Waals surface area contributed by atoms with E-state index in [4.69, 9.17) is 0 Å². The number of anilines is 4. The highest BCUT2D eigenvalue weighted by Gasteiger charge is 2.10. The van der Waals surface area contributed by atoms with Crippen LogP contribution in [-0.4, -0.2) is 35.2 Å². The number of benzene rings is 2. The number of hydrogen-bond donors (Lipinski definition) is 3. The molecule has 0 spiro atoms. The molecule has 0 fully saturated rings. The van der Waals surface area contributed by atoms with Gasteiger partial charge in [0.05, 0.1) is 6.42 Å². The highest BCUT2D eigenvalue weighted by molar-refractivity contribution is 5.95. The molecule has 0 saturated carbocycles. The summed E-state index contributed by atoms with van der Waals surface area (Å²) in [4.78, 5) is 17.6. The van der Waals surface area contributed by atoms with Gasteiger partial charge in [0.1, 0.15) is 0 Å². The van der Waals surface area contributed by atoms with Gasteiger partial charge in [-0.25, -0.2) is 0 Å². The molecule has 2 heterocycles. The highest BCUT2D eigenvalue weighted by Crippen LogP contribution is 2.20. The summed E-state index contributed by atoms with van der Waals surface area (Å²) >= 11 is 0. The molecule has 146 valence electrons. The molecule has 2 aromatic heterocycles. The lowest BCUT2D eigenvalue weighted by Gasteiger charge is -2.13. The lowest BCUT2D eigenvalue weighted by molar-refractivity contribution is -0.115. The quantitative estimate of drug-likeness (QED) is 0.467.